The van der Waals surface area contributed by atoms with Crippen LogP contribution in [0.25, 0.3) is 0 Å². The maximum absolute atomic E-state index is 12.9. The van der Waals surface area contributed by atoms with Gasteiger partial charge in [0.25, 0.3) is 11.8 Å². The standard InChI is InChI=1S/C27H24N2O7/c1-15-10-20(16(2)29(15)12-18-13-34-23-6-4-5-7-24(23)36-18)22(30)14-35-27(33)17-8-9-19-21(11-17)26(32)28(3)25(19)31/h4-11,18H,12-14H2,1-3H3. The zero-order valence-electron chi connectivity index (χ0n) is 20.1. The molecular formula is C27H24N2O7. The van der Waals surface area contributed by atoms with Crippen LogP contribution in [0.4, 0.5) is 0 Å². The summed E-state index contributed by atoms with van der Waals surface area (Å²) < 4.78 is 19.1. The molecular weight excluding hydrogens is 464 g/mol. The Labute approximate surface area is 207 Å². The molecule has 1 aromatic heterocycles. The Morgan fingerprint density at radius 2 is 1.72 bits per heavy atom. The number of aromatic nitrogens is 1. The number of fused-ring (bicyclic) bond motifs is 2. The van der Waals surface area contributed by atoms with Gasteiger partial charge in [-0.3, -0.25) is 19.3 Å². The Morgan fingerprint density at radius 1 is 1.00 bits per heavy atom. The number of rotatable bonds is 6. The number of aryl methyl sites for hydroxylation is 1. The van der Waals surface area contributed by atoms with Gasteiger partial charge in [0.1, 0.15) is 6.61 Å². The van der Waals surface area contributed by atoms with Gasteiger partial charge in [-0.1, -0.05) is 12.1 Å². The minimum Gasteiger partial charge on any atom is -0.486 e. The van der Waals surface area contributed by atoms with Crippen molar-refractivity contribution in [1.82, 2.24) is 9.47 Å². The molecule has 1 unspecified atom stereocenters. The summed E-state index contributed by atoms with van der Waals surface area (Å²) in [4.78, 5) is 50.7. The number of imide groups is 1. The lowest BCUT2D eigenvalue weighted by molar-refractivity contribution is 0.0474. The summed E-state index contributed by atoms with van der Waals surface area (Å²) in [5.74, 6) is -0.608. The topological polar surface area (TPSA) is 104 Å². The Bertz CT molecular complexity index is 1420. The van der Waals surface area contributed by atoms with Gasteiger partial charge in [-0.05, 0) is 50.2 Å². The molecule has 0 bridgehead atoms. The van der Waals surface area contributed by atoms with Gasteiger partial charge in [0.05, 0.1) is 23.2 Å². The van der Waals surface area contributed by atoms with Crippen LogP contribution in [-0.4, -0.2) is 59.4 Å². The average Bonchev–Trinajstić information content (AvgIpc) is 3.29. The molecule has 2 aliphatic heterocycles. The van der Waals surface area contributed by atoms with Crippen LogP contribution in [0.15, 0.2) is 48.5 Å². The van der Waals surface area contributed by atoms with Gasteiger partial charge in [-0.15, -0.1) is 0 Å². The first-order valence-electron chi connectivity index (χ1n) is 11.5. The number of hydrogen-bond donors (Lipinski definition) is 0. The van der Waals surface area contributed by atoms with Crippen molar-refractivity contribution in [3.05, 3.63) is 82.2 Å². The average molecular weight is 488 g/mol. The van der Waals surface area contributed by atoms with E-state index in [1.165, 1.54) is 25.2 Å². The molecule has 0 fully saturated rings. The molecule has 1 atom stereocenters. The number of nitrogens with zero attached hydrogens (tertiary/aromatic N) is 2. The summed E-state index contributed by atoms with van der Waals surface area (Å²) >= 11 is 0. The van der Waals surface area contributed by atoms with E-state index in [1.807, 2.05) is 42.7 Å². The minimum atomic E-state index is -0.749. The quantitative estimate of drug-likeness (QED) is 0.298. The molecule has 2 amide bonds. The second-order valence-electron chi connectivity index (χ2n) is 8.82. The Kier molecular flexibility index (Phi) is 5.83. The number of ether oxygens (including phenoxy) is 3. The van der Waals surface area contributed by atoms with Crippen LogP contribution in [0.2, 0.25) is 0 Å². The van der Waals surface area contributed by atoms with E-state index in [1.54, 1.807) is 6.07 Å². The van der Waals surface area contributed by atoms with Gasteiger partial charge >= 0.3 is 5.97 Å². The second kappa shape index (κ2) is 8.99. The van der Waals surface area contributed by atoms with Crippen molar-refractivity contribution in [2.45, 2.75) is 26.5 Å². The van der Waals surface area contributed by atoms with Crippen LogP contribution < -0.4 is 9.47 Å². The molecule has 2 aliphatic rings. The van der Waals surface area contributed by atoms with E-state index in [0.29, 0.717) is 30.2 Å². The molecule has 0 saturated carbocycles. The SMILES string of the molecule is Cc1cc(C(=O)COC(=O)c2ccc3c(c2)C(=O)N(C)C3=O)c(C)n1CC1COc2ccccc2O1. The minimum absolute atomic E-state index is 0.0956. The van der Waals surface area contributed by atoms with E-state index >= 15 is 0 Å². The van der Waals surface area contributed by atoms with Gasteiger partial charge in [-0.25, -0.2) is 4.79 Å². The van der Waals surface area contributed by atoms with Gasteiger partial charge in [0.15, 0.2) is 24.2 Å². The van der Waals surface area contributed by atoms with Crippen molar-refractivity contribution in [1.29, 1.82) is 0 Å². The summed E-state index contributed by atoms with van der Waals surface area (Å²) in [7, 11) is 1.38. The van der Waals surface area contributed by atoms with E-state index in [0.717, 1.165) is 16.3 Å². The predicted molar refractivity (Wildman–Crippen MR) is 128 cm³/mol. The van der Waals surface area contributed by atoms with Crippen LogP contribution in [0.1, 0.15) is 52.8 Å². The molecule has 184 valence electrons. The summed E-state index contributed by atoms with van der Waals surface area (Å²) in [5.41, 5.74) is 2.53. The van der Waals surface area contributed by atoms with E-state index in [2.05, 4.69) is 0 Å². The molecule has 0 saturated heterocycles. The van der Waals surface area contributed by atoms with E-state index in [9.17, 15) is 19.2 Å². The smallest absolute Gasteiger partial charge is 0.338 e. The van der Waals surface area contributed by atoms with Crippen LogP contribution in [0.3, 0.4) is 0 Å². The molecule has 3 aromatic rings. The number of ketones is 1. The van der Waals surface area contributed by atoms with E-state index in [4.69, 9.17) is 14.2 Å². The van der Waals surface area contributed by atoms with Crippen LogP contribution in [-0.2, 0) is 11.3 Å². The fourth-order valence-electron chi connectivity index (χ4n) is 4.50. The molecule has 0 aliphatic carbocycles. The van der Waals surface area contributed by atoms with Crippen molar-refractivity contribution >= 4 is 23.6 Å². The van der Waals surface area contributed by atoms with Crippen molar-refractivity contribution < 1.29 is 33.4 Å². The first-order chi connectivity index (χ1) is 17.2. The number of Topliss-reactive ketones (excluding diaryl/α,β-unsaturated/α-hetero) is 1. The third-order valence-electron chi connectivity index (χ3n) is 6.49. The lowest BCUT2D eigenvalue weighted by Crippen LogP contribution is -2.33. The van der Waals surface area contributed by atoms with Crippen LogP contribution >= 0.6 is 0 Å². The number of esters is 1. The highest BCUT2D eigenvalue weighted by Crippen LogP contribution is 2.31. The van der Waals surface area contributed by atoms with Crippen LogP contribution in [0.5, 0.6) is 11.5 Å². The molecule has 5 rings (SSSR count). The number of para-hydroxylation sites is 2. The van der Waals surface area contributed by atoms with Crippen molar-refractivity contribution in [2.75, 3.05) is 20.3 Å². The molecule has 0 spiro atoms. The first-order valence-corrected chi connectivity index (χ1v) is 11.5. The predicted octanol–water partition coefficient (Wildman–Crippen LogP) is 3.21. The highest BCUT2D eigenvalue weighted by Gasteiger charge is 2.33. The monoisotopic (exact) mass is 488 g/mol. The van der Waals surface area contributed by atoms with Gasteiger partial charge in [-0.2, -0.15) is 0 Å². The molecule has 9 nitrogen and oxygen atoms in total. The normalized spacial score (nSPS) is 16.2. The summed E-state index contributed by atoms with van der Waals surface area (Å²) in [5, 5.41) is 0. The van der Waals surface area contributed by atoms with Crippen LogP contribution in [0, 0.1) is 13.8 Å². The summed E-state index contributed by atoms with van der Waals surface area (Å²) in [6.45, 7) is 4.16. The van der Waals surface area contributed by atoms with Crippen molar-refractivity contribution in [2.24, 2.45) is 0 Å². The summed E-state index contributed by atoms with van der Waals surface area (Å²) in [6, 6.07) is 13.4. The highest BCUT2D eigenvalue weighted by molar-refractivity contribution is 6.21. The molecule has 0 radical (unpaired) electrons. The number of amides is 2. The molecule has 0 N–H and O–H groups in total. The maximum Gasteiger partial charge on any atom is 0.338 e. The van der Waals surface area contributed by atoms with Gasteiger partial charge in [0.2, 0.25) is 5.78 Å². The van der Waals surface area contributed by atoms with Gasteiger partial charge < -0.3 is 18.8 Å². The molecule has 36 heavy (non-hydrogen) atoms. The third kappa shape index (κ3) is 4.02. The summed E-state index contributed by atoms with van der Waals surface area (Å²) in [6.07, 6.45) is -0.223. The van der Waals surface area contributed by atoms with Crippen molar-refractivity contribution in [3.63, 3.8) is 0 Å². The number of hydrogen-bond acceptors (Lipinski definition) is 7. The third-order valence-corrected chi connectivity index (χ3v) is 6.49. The fraction of sp³-hybridized carbons (Fsp3) is 0.259. The molecule has 9 heteroatoms. The van der Waals surface area contributed by atoms with E-state index in [-0.39, 0.29) is 28.6 Å². The number of carbonyl (C=O) groups excluding carboxylic acids is 4. The fourth-order valence-corrected chi connectivity index (χ4v) is 4.50. The Morgan fingerprint density at radius 3 is 2.50 bits per heavy atom. The lowest BCUT2D eigenvalue weighted by atomic mass is 10.1. The number of carbonyl (C=O) groups is 4. The first kappa shape index (κ1) is 23.3. The second-order valence-corrected chi connectivity index (χ2v) is 8.82. The highest BCUT2D eigenvalue weighted by atomic mass is 16.6. The molecule has 2 aromatic carbocycles. The maximum atomic E-state index is 12.9. The lowest BCUT2D eigenvalue weighted by Gasteiger charge is -2.27. The zero-order valence-corrected chi connectivity index (χ0v) is 20.1. The van der Waals surface area contributed by atoms with Crippen molar-refractivity contribution in [3.8, 4) is 11.5 Å². The molecule has 3 heterocycles. The number of benzene rings is 2. The van der Waals surface area contributed by atoms with E-state index < -0.39 is 24.4 Å². The van der Waals surface area contributed by atoms with Gasteiger partial charge in [0, 0.05) is 24.0 Å². The Hall–Kier alpha value is -4.40. The Balaban J connectivity index is 1.24. The largest absolute Gasteiger partial charge is 0.486 e. The zero-order chi connectivity index (χ0) is 25.6.